The van der Waals surface area contributed by atoms with E-state index in [0.29, 0.717) is 0 Å². The summed E-state index contributed by atoms with van der Waals surface area (Å²) in [6.45, 7) is 4.69. The molecule has 1 aromatic heterocycles. The number of benzene rings is 3. The first-order valence-electron chi connectivity index (χ1n) is 8.38. The van der Waals surface area contributed by atoms with Gasteiger partial charge in [0, 0.05) is 25.6 Å². The van der Waals surface area contributed by atoms with Gasteiger partial charge in [-0.1, -0.05) is 68.4 Å². The van der Waals surface area contributed by atoms with Crippen LogP contribution in [-0.2, 0) is 5.41 Å². The van der Waals surface area contributed by atoms with Crippen molar-refractivity contribution in [3.8, 4) is 0 Å². The minimum Gasteiger partial charge on any atom is -0.135 e. The lowest BCUT2D eigenvalue weighted by molar-refractivity contribution is 0.705. The molecule has 0 bridgehead atoms. The molecule has 0 nitrogen and oxygen atoms in total. The Balaban J connectivity index is 1.85. The second-order valence-electron chi connectivity index (χ2n) is 7.05. The van der Waals surface area contributed by atoms with Crippen LogP contribution in [-0.4, -0.2) is 0 Å². The average molecular weight is 326 g/mol. The summed E-state index contributed by atoms with van der Waals surface area (Å²) >= 11 is 1.89. The summed E-state index contributed by atoms with van der Waals surface area (Å²) in [7, 11) is 0. The van der Waals surface area contributed by atoms with Crippen molar-refractivity contribution in [2.75, 3.05) is 0 Å². The van der Waals surface area contributed by atoms with Gasteiger partial charge >= 0.3 is 0 Å². The first kappa shape index (κ1) is 14.0. The molecule has 1 heterocycles. The lowest BCUT2D eigenvalue weighted by Crippen LogP contribution is -2.16. The Bertz CT molecular complexity index is 1130. The van der Waals surface area contributed by atoms with Crippen LogP contribution in [0.4, 0.5) is 0 Å². The van der Waals surface area contributed by atoms with Gasteiger partial charge in [0.15, 0.2) is 0 Å². The van der Waals surface area contributed by atoms with Gasteiger partial charge in [-0.15, -0.1) is 11.3 Å². The zero-order valence-electron chi connectivity index (χ0n) is 13.8. The second kappa shape index (κ2) is 4.81. The third-order valence-electron chi connectivity index (χ3n) is 5.30. The molecule has 4 aromatic rings. The van der Waals surface area contributed by atoms with Crippen LogP contribution in [0.1, 0.15) is 30.5 Å². The van der Waals surface area contributed by atoms with Crippen molar-refractivity contribution >= 4 is 43.2 Å². The average Bonchev–Trinajstić information content (AvgIpc) is 3.10. The van der Waals surface area contributed by atoms with Gasteiger partial charge < -0.3 is 0 Å². The zero-order chi connectivity index (χ0) is 16.3. The largest absolute Gasteiger partial charge is 0.135 e. The lowest BCUT2D eigenvalue weighted by atomic mass is 9.78. The molecule has 1 heteroatoms. The van der Waals surface area contributed by atoms with E-state index in [1.807, 2.05) is 11.3 Å². The van der Waals surface area contributed by atoms with Gasteiger partial charge in [0.2, 0.25) is 0 Å². The van der Waals surface area contributed by atoms with Crippen LogP contribution >= 0.6 is 11.3 Å². The molecule has 1 aliphatic rings. The van der Waals surface area contributed by atoms with E-state index < -0.39 is 0 Å². The number of hydrogen-bond donors (Lipinski definition) is 0. The molecule has 0 unspecified atom stereocenters. The molecule has 0 atom stereocenters. The number of fused-ring (bicyclic) bond motifs is 4. The molecule has 0 radical (unpaired) electrons. The molecule has 116 valence electrons. The summed E-state index contributed by atoms with van der Waals surface area (Å²) < 4.78 is 2.75. The Hall–Kier alpha value is -2.38. The van der Waals surface area contributed by atoms with E-state index in [1.165, 1.54) is 42.4 Å². The molecule has 0 aliphatic heterocycles. The maximum absolute atomic E-state index is 2.39. The lowest BCUT2D eigenvalue weighted by Gasteiger charge is -2.25. The van der Waals surface area contributed by atoms with Crippen molar-refractivity contribution in [1.29, 1.82) is 0 Å². The molecule has 1 aliphatic carbocycles. The van der Waals surface area contributed by atoms with Crippen molar-refractivity contribution in [2.24, 2.45) is 0 Å². The van der Waals surface area contributed by atoms with Gasteiger partial charge in [0.1, 0.15) is 0 Å². The Morgan fingerprint density at radius 3 is 2.38 bits per heavy atom. The van der Waals surface area contributed by atoms with Crippen LogP contribution in [0.5, 0.6) is 0 Å². The van der Waals surface area contributed by atoms with Crippen LogP contribution in [0.25, 0.3) is 31.8 Å². The van der Waals surface area contributed by atoms with Crippen molar-refractivity contribution < 1.29 is 0 Å². The highest BCUT2D eigenvalue weighted by Crippen LogP contribution is 2.49. The number of allylic oxidation sites excluding steroid dienone is 1. The van der Waals surface area contributed by atoms with Gasteiger partial charge in [-0.3, -0.25) is 0 Å². The van der Waals surface area contributed by atoms with Gasteiger partial charge in [-0.25, -0.2) is 0 Å². The molecule has 0 saturated heterocycles. The normalized spacial score (nSPS) is 15.7. The van der Waals surface area contributed by atoms with Gasteiger partial charge in [0.05, 0.1) is 0 Å². The number of thiophene rings is 1. The molecular formula is C23H18S. The van der Waals surface area contributed by atoms with Crippen LogP contribution in [0, 0.1) is 0 Å². The number of hydrogen-bond acceptors (Lipinski definition) is 1. The molecule has 0 amide bonds. The van der Waals surface area contributed by atoms with E-state index in [-0.39, 0.29) is 5.41 Å². The highest BCUT2D eigenvalue weighted by atomic mass is 32.1. The molecule has 0 spiro atoms. The van der Waals surface area contributed by atoms with E-state index in [4.69, 9.17) is 0 Å². The Kier molecular flexibility index (Phi) is 2.81. The predicted molar refractivity (Wildman–Crippen MR) is 107 cm³/mol. The quantitative estimate of drug-likeness (QED) is 0.357. The first-order valence-corrected chi connectivity index (χ1v) is 9.20. The Labute approximate surface area is 146 Å². The van der Waals surface area contributed by atoms with Crippen molar-refractivity contribution in [3.05, 3.63) is 83.4 Å². The van der Waals surface area contributed by atoms with Crippen molar-refractivity contribution in [3.63, 3.8) is 0 Å². The van der Waals surface area contributed by atoms with Gasteiger partial charge in [-0.05, 0) is 40.5 Å². The maximum Gasteiger partial charge on any atom is 0.0361 e. The van der Waals surface area contributed by atoms with E-state index in [0.717, 1.165) is 0 Å². The topological polar surface area (TPSA) is 0 Å². The summed E-state index contributed by atoms with van der Waals surface area (Å²) in [5, 5.41) is 2.78. The van der Waals surface area contributed by atoms with E-state index in [9.17, 15) is 0 Å². The maximum atomic E-state index is 2.39. The summed E-state index contributed by atoms with van der Waals surface area (Å²) in [6, 6.07) is 24.3. The van der Waals surface area contributed by atoms with E-state index in [2.05, 4.69) is 86.7 Å². The SMILES string of the molecule is CC1(C)C(c2cccc3sc4ccccc4c23)=Cc2ccccc21. The summed E-state index contributed by atoms with van der Waals surface area (Å²) in [5.41, 5.74) is 5.63. The van der Waals surface area contributed by atoms with Crippen LogP contribution in [0.15, 0.2) is 66.7 Å². The fraction of sp³-hybridized carbons (Fsp3) is 0.130. The molecule has 0 saturated carbocycles. The first-order chi connectivity index (χ1) is 11.7. The van der Waals surface area contributed by atoms with Crippen molar-refractivity contribution in [1.82, 2.24) is 0 Å². The molecule has 0 fully saturated rings. The van der Waals surface area contributed by atoms with E-state index in [1.54, 1.807) is 0 Å². The monoisotopic (exact) mass is 326 g/mol. The standard InChI is InChI=1S/C23H18S/c1-23(2)18-11-5-3-8-15(18)14-19(23)16-10-7-13-21-22(16)17-9-4-6-12-20(17)24-21/h3-14H,1-2H3. The Morgan fingerprint density at radius 2 is 1.50 bits per heavy atom. The zero-order valence-corrected chi connectivity index (χ0v) is 14.7. The van der Waals surface area contributed by atoms with E-state index >= 15 is 0 Å². The predicted octanol–water partition coefficient (Wildman–Crippen LogP) is 6.89. The van der Waals surface area contributed by atoms with Gasteiger partial charge in [-0.2, -0.15) is 0 Å². The fourth-order valence-corrected chi connectivity index (χ4v) is 5.22. The summed E-state index contributed by atoms with van der Waals surface area (Å²) in [4.78, 5) is 0. The third kappa shape index (κ3) is 1.79. The highest BCUT2D eigenvalue weighted by molar-refractivity contribution is 7.25. The Morgan fingerprint density at radius 1 is 0.750 bits per heavy atom. The third-order valence-corrected chi connectivity index (χ3v) is 6.44. The molecule has 3 aromatic carbocycles. The van der Waals surface area contributed by atoms with Crippen LogP contribution in [0.3, 0.4) is 0 Å². The number of rotatable bonds is 1. The molecular weight excluding hydrogens is 308 g/mol. The molecule has 5 rings (SSSR count). The summed E-state index contributed by atoms with van der Waals surface area (Å²) in [6.07, 6.45) is 2.39. The molecule has 0 N–H and O–H groups in total. The van der Waals surface area contributed by atoms with Crippen LogP contribution in [0.2, 0.25) is 0 Å². The second-order valence-corrected chi connectivity index (χ2v) is 8.13. The highest BCUT2D eigenvalue weighted by Gasteiger charge is 2.34. The molecule has 24 heavy (non-hydrogen) atoms. The smallest absolute Gasteiger partial charge is 0.0361 e. The minimum atomic E-state index is 0.0356. The summed E-state index contributed by atoms with van der Waals surface area (Å²) in [5.74, 6) is 0. The fourth-order valence-electron chi connectivity index (χ4n) is 4.09. The van der Waals surface area contributed by atoms with Crippen LogP contribution < -0.4 is 0 Å². The minimum absolute atomic E-state index is 0.0356. The van der Waals surface area contributed by atoms with Crippen molar-refractivity contribution in [2.45, 2.75) is 19.3 Å². The van der Waals surface area contributed by atoms with Gasteiger partial charge in [0.25, 0.3) is 0 Å².